The van der Waals surface area contributed by atoms with E-state index >= 15 is 0 Å². The highest BCUT2D eigenvalue weighted by Gasteiger charge is 2.12. The monoisotopic (exact) mass is 272 g/mol. The Bertz CT molecular complexity index is 413. The van der Waals surface area contributed by atoms with Crippen molar-refractivity contribution < 1.29 is 18.3 Å². The molecule has 1 aromatic carbocycles. The number of carbonyl (C=O) groups is 1. The molecule has 0 aliphatic heterocycles. The van der Waals surface area contributed by atoms with Crippen molar-refractivity contribution in [3.63, 3.8) is 0 Å². The number of para-hydroxylation sites is 2. The summed E-state index contributed by atoms with van der Waals surface area (Å²) in [6, 6.07) is 6.09. The maximum atomic E-state index is 12.2. The van der Waals surface area contributed by atoms with E-state index in [1.165, 1.54) is 12.1 Å². The SMILES string of the molecule is CC(CN)CCC(=O)Nc1ccccc1OC(F)F. The fourth-order valence-electron chi connectivity index (χ4n) is 1.48. The van der Waals surface area contributed by atoms with E-state index < -0.39 is 6.61 Å². The van der Waals surface area contributed by atoms with Crippen molar-refractivity contribution in [1.82, 2.24) is 0 Å². The molecule has 1 rings (SSSR count). The molecule has 0 aliphatic rings. The number of carbonyl (C=O) groups excluding carboxylic acids is 1. The van der Waals surface area contributed by atoms with Crippen molar-refractivity contribution in [3.8, 4) is 5.75 Å². The average Bonchev–Trinajstić information content (AvgIpc) is 2.37. The summed E-state index contributed by atoms with van der Waals surface area (Å²) in [5.74, 6) is -0.0401. The zero-order chi connectivity index (χ0) is 14.3. The van der Waals surface area contributed by atoms with Gasteiger partial charge in [-0.2, -0.15) is 8.78 Å². The van der Waals surface area contributed by atoms with Gasteiger partial charge < -0.3 is 15.8 Å². The van der Waals surface area contributed by atoms with E-state index in [0.717, 1.165) is 0 Å². The second-order valence-electron chi connectivity index (χ2n) is 4.30. The Morgan fingerprint density at radius 1 is 1.42 bits per heavy atom. The minimum absolute atomic E-state index is 0.0438. The van der Waals surface area contributed by atoms with Crippen molar-refractivity contribution in [2.75, 3.05) is 11.9 Å². The normalized spacial score (nSPS) is 12.3. The Labute approximate surface area is 110 Å². The van der Waals surface area contributed by atoms with Crippen LogP contribution in [0.4, 0.5) is 14.5 Å². The van der Waals surface area contributed by atoms with Crippen LogP contribution >= 0.6 is 0 Å². The predicted octanol–water partition coefficient (Wildman–Crippen LogP) is 2.60. The van der Waals surface area contributed by atoms with Gasteiger partial charge in [0.15, 0.2) is 0 Å². The van der Waals surface area contributed by atoms with E-state index in [0.29, 0.717) is 19.4 Å². The third-order valence-electron chi connectivity index (χ3n) is 2.64. The number of amides is 1. The van der Waals surface area contributed by atoms with Crippen molar-refractivity contribution in [3.05, 3.63) is 24.3 Å². The molecule has 0 saturated carbocycles. The highest BCUT2D eigenvalue weighted by Crippen LogP contribution is 2.25. The number of anilines is 1. The lowest BCUT2D eigenvalue weighted by atomic mass is 10.1. The van der Waals surface area contributed by atoms with Gasteiger partial charge in [0.1, 0.15) is 5.75 Å². The van der Waals surface area contributed by atoms with Crippen molar-refractivity contribution >= 4 is 11.6 Å². The van der Waals surface area contributed by atoms with Crippen LogP contribution in [0.5, 0.6) is 5.75 Å². The van der Waals surface area contributed by atoms with Gasteiger partial charge in [0.25, 0.3) is 0 Å². The number of nitrogens with one attached hydrogen (secondary N) is 1. The molecule has 1 atom stereocenters. The molecule has 0 aromatic heterocycles. The van der Waals surface area contributed by atoms with Crippen molar-refractivity contribution in [2.24, 2.45) is 11.7 Å². The first-order valence-electron chi connectivity index (χ1n) is 6.06. The molecule has 0 saturated heterocycles. The third kappa shape index (κ3) is 5.65. The molecule has 106 valence electrons. The summed E-state index contributed by atoms with van der Waals surface area (Å²) in [5, 5.41) is 2.56. The van der Waals surface area contributed by atoms with Crippen LogP contribution in [0.25, 0.3) is 0 Å². The Balaban J connectivity index is 2.58. The molecule has 3 N–H and O–H groups in total. The topological polar surface area (TPSA) is 64.4 Å². The van der Waals surface area contributed by atoms with Crippen molar-refractivity contribution in [1.29, 1.82) is 0 Å². The molecular weight excluding hydrogens is 254 g/mol. The predicted molar refractivity (Wildman–Crippen MR) is 69.2 cm³/mol. The summed E-state index contributed by atoms with van der Waals surface area (Å²) in [6.07, 6.45) is 0.946. The molecule has 0 bridgehead atoms. The summed E-state index contributed by atoms with van der Waals surface area (Å²) >= 11 is 0. The molecule has 6 heteroatoms. The quantitative estimate of drug-likeness (QED) is 0.802. The van der Waals surface area contributed by atoms with Gasteiger partial charge in [-0.05, 0) is 31.0 Å². The van der Waals surface area contributed by atoms with E-state index in [1.807, 2.05) is 6.92 Å². The van der Waals surface area contributed by atoms with Crippen LogP contribution < -0.4 is 15.8 Å². The van der Waals surface area contributed by atoms with E-state index in [2.05, 4.69) is 10.1 Å². The van der Waals surface area contributed by atoms with E-state index in [1.54, 1.807) is 12.1 Å². The number of benzene rings is 1. The number of hydrogen-bond donors (Lipinski definition) is 2. The minimum Gasteiger partial charge on any atom is -0.433 e. The first-order valence-corrected chi connectivity index (χ1v) is 6.06. The molecule has 4 nitrogen and oxygen atoms in total. The largest absolute Gasteiger partial charge is 0.433 e. The van der Waals surface area contributed by atoms with Gasteiger partial charge in [0.2, 0.25) is 5.91 Å². The van der Waals surface area contributed by atoms with Crippen LogP contribution in [0, 0.1) is 5.92 Å². The molecule has 1 amide bonds. The zero-order valence-electron chi connectivity index (χ0n) is 10.7. The Morgan fingerprint density at radius 2 is 2.11 bits per heavy atom. The molecule has 0 fully saturated rings. The van der Waals surface area contributed by atoms with Crippen LogP contribution in [0.1, 0.15) is 19.8 Å². The fraction of sp³-hybridized carbons (Fsp3) is 0.462. The van der Waals surface area contributed by atoms with Gasteiger partial charge in [-0.15, -0.1) is 0 Å². The average molecular weight is 272 g/mol. The molecule has 1 aromatic rings. The number of ether oxygens (including phenoxy) is 1. The van der Waals surface area contributed by atoms with E-state index in [-0.39, 0.29) is 23.3 Å². The van der Waals surface area contributed by atoms with Gasteiger partial charge in [-0.3, -0.25) is 4.79 Å². The summed E-state index contributed by atoms with van der Waals surface area (Å²) in [5.41, 5.74) is 5.70. The molecule has 0 radical (unpaired) electrons. The summed E-state index contributed by atoms with van der Waals surface area (Å²) in [4.78, 5) is 11.7. The zero-order valence-corrected chi connectivity index (χ0v) is 10.7. The summed E-state index contributed by atoms with van der Waals surface area (Å²) < 4.78 is 28.7. The second-order valence-corrected chi connectivity index (χ2v) is 4.30. The van der Waals surface area contributed by atoms with E-state index in [4.69, 9.17) is 5.73 Å². The number of halogens is 2. The number of nitrogens with two attached hydrogens (primary N) is 1. The van der Waals surface area contributed by atoms with Crippen LogP contribution in [0.3, 0.4) is 0 Å². The number of alkyl halides is 2. The third-order valence-corrected chi connectivity index (χ3v) is 2.64. The molecule has 0 aliphatic carbocycles. The minimum atomic E-state index is -2.92. The van der Waals surface area contributed by atoms with Gasteiger partial charge in [-0.25, -0.2) is 0 Å². The second kappa shape index (κ2) is 7.68. The molecule has 0 heterocycles. The summed E-state index contributed by atoms with van der Waals surface area (Å²) in [7, 11) is 0. The smallest absolute Gasteiger partial charge is 0.387 e. The lowest BCUT2D eigenvalue weighted by molar-refractivity contribution is -0.116. The van der Waals surface area contributed by atoms with Crippen LogP contribution in [-0.2, 0) is 4.79 Å². The maximum Gasteiger partial charge on any atom is 0.387 e. The van der Waals surface area contributed by atoms with Gasteiger partial charge in [0, 0.05) is 6.42 Å². The molecule has 1 unspecified atom stereocenters. The highest BCUT2D eigenvalue weighted by atomic mass is 19.3. The lowest BCUT2D eigenvalue weighted by Crippen LogP contribution is -2.17. The van der Waals surface area contributed by atoms with Crippen LogP contribution in [0.15, 0.2) is 24.3 Å². The van der Waals surface area contributed by atoms with Gasteiger partial charge in [-0.1, -0.05) is 19.1 Å². The first kappa shape index (κ1) is 15.4. The van der Waals surface area contributed by atoms with Crippen LogP contribution in [0.2, 0.25) is 0 Å². The van der Waals surface area contributed by atoms with Gasteiger partial charge in [0.05, 0.1) is 5.69 Å². The fourth-order valence-corrected chi connectivity index (χ4v) is 1.48. The standard InChI is InChI=1S/C13H18F2N2O2/c1-9(8-16)6-7-12(18)17-10-4-2-3-5-11(10)19-13(14)15/h2-5,9,13H,6-8,16H2,1H3,(H,17,18). The molecular formula is C13H18F2N2O2. The van der Waals surface area contributed by atoms with Crippen LogP contribution in [-0.4, -0.2) is 19.1 Å². The Kier molecular flexibility index (Phi) is 6.21. The highest BCUT2D eigenvalue weighted by molar-refractivity contribution is 5.92. The maximum absolute atomic E-state index is 12.2. The Morgan fingerprint density at radius 3 is 2.74 bits per heavy atom. The first-order chi connectivity index (χ1) is 9.02. The van der Waals surface area contributed by atoms with Gasteiger partial charge >= 0.3 is 6.61 Å². The molecule has 0 spiro atoms. The number of rotatable bonds is 7. The van der Waals surface area contributed by atoms with Crippen molar-refractivity contribution in [2.45, 2.75) is 26.4 Å². The molecule has 19 heavy (non-hydrogen) atoms. The Hall–Kier alpha value is -1.69. The van der Waals surface area contributed by atoms with E-state index in [9.17, 15) is 13.6 Å². The summed E-state index contributed by atoms with van der Waals surface area (Å²) in [6.45, 7) is -0.463. The number of hydrogen-bond acceptors (Lipinski definition) is 3. The lowest BCUT2D eigenvalue weighted by Gasteiger charge is -2.12.